The number of nitro benzene ring substituents is 1. The van der Waals surface area contributed by atoms with Crippen LogP contribution in [0.15, 0.2) is 12.1 Å². The van der Waals surface area contributed by atoms with E-state index in [1.807, 2.05) is 6.92 Å². The molecule has 0 unspecified atom stereocenters. The van der Waals surface area contributed by atoms with Crippen LogP contribution in [0.4, 0.5) is 5.69 Å². The van der Waals surface area contributed by atoms with E-state index < -0.39 is 4.92 Å². The Morgan fingerprint density at radius 1 is 1.56 bits per heavy atom. The van der Waals surface area contributed by atoms with Gasteiger partial charge < -0.3 is 5.11 Å². The molecule has 0 radical (unpaired) electrons. The Hall–Kier alpha value is -1.33. The molecule has 0 bridgehead atoms. The van der Waals surface area contributed by atoms with Gasteiger partial charge in [-0.25, -0.2) is 0 Å². The smallest absolute Gasteiger partial charge is 0.271 e. The van der Waals surface area contributed by atoms with Crippen LogP contribution in [0.5, 0.6) is 5.75 Å². The van der Waals surface area contributed by atoms with Crippen LogP contribution in [0.2, 0.25) is 5.02 Å². The van der Waals surface area contributed by atoms with Crippen molar-refractivity contribution in [3.05, 3.63) is 32.8 Å². The van der Waals surface area contributed by atoms with E-state index in [0.717, 1.165) is 19.4 Å². The van der Waals surface area contributed by atoms with Gasteiger partial charge in [0.25, 0.3) is 5.69 Å². The Morgan fingerprint density at radius 2 is 2.22 bits per heavy atom. The van der Waals surface area contributed by atoms with Crippen LogP contribution in [0.1, 0.15) is 25.3 Å². The lowest BCUT2D eigenvalue weighted by atomic mass is 10.1. The van der Waals surface area contributed by atoms with Crippen molar-refractivity contribution in [2.45, 2.75) is 32.4 Å². The zero-order valence-electron chi connectivity index (χ0n) is 10.1. The molecule has 5 nitrogen and oxygen atoms in total. The number of non-ortho nitro benzene ring substituents is 1. The molecule has 0 amide bonds. The third-order valence-electron chi connectivity index (χ3n) is 3.18. The average molecular weight is 271 g/mol. The fourth-order valence-corrected chi connectivity index (χ4v) is 2.26. The van der Waals surface area contributed by atoms with E-state index in [2.05, 4.69) is 4.90 Å². The molecule has 6 heteroatoms. The van der Waals surface area contributed by atoms with E-state index >= 15 is 0 Å². The number of hydrogen-bond acceptors (Lipinski definition) is 4. The second-order valence-electron chi connectivity index (χ2n) is 4.49. The molecule has 0 aromatic heterocycles. The highest BCUT2D eigenvalue weighted by molar-refractivity contribution is 6.32. The number of hydrogen-bond donors (Lipinski definition) is 1. The molecule has 98 valence electrons. The first-order valence-electron chi connectivity index (χ1n) is 5.92. The average Bonchev–Trinajstić information content (AvgIpc) is 3.14. The molecule has 1 aromatic carbocycles. The summed E-state index contributed by atoms with van der Waals surface area (Å²) in [7, 11) is 0. The highest BCUT2D eigenvalue weighted by Gasteiger charge is 2.29. The molecule has 0 saturated heterocycles. The van der Waals surface area contributed by atoms with E-state index in [0.29, 0.717) is 18.2 Å². The summed E-state index contributed by atoms with van der Waals surface area (Å²) >= 11 is 5.81. The minimum atomic E-state index is -0.498. The predicted molar refractivity (Wildman–Crippen MR) is 68.9 cm³/mol. The quantitative estimate of drug-likeness (QED) is 0.660. The maximum Gasteiger partial charge on any atom is 0.271 e. The SMILES string of the molecule is CCN(Cc1cc([N+](=O)[O-])cc(Cl)c1O)C1CC1. The molecule has 0 heterocycles. The van der Waals surface area contributed by atoms with Crippen molar-refractivity contribution in [2.75, 3.05) is 6.54 Å². The molecule has 1 aromatic rings. The number of phenolic OH excluding ortho intramolecular Hbond substituents is 1. The molecule has 0 aliphatic heterocycles. The lowest BCUT2D eigenvalue weighted by molar-refractivity contribution is -0.384. The Bertz CT molecular complexity index is 475. The van der Waals surface area contributed by atoms with Gasteiger partial charge in [-0.2, -0.15) is 0 Å². The Morgan fingerprint density at radius 3 is 2.72 bits per heavy atom. The number of rotatable bonds is 5. The fourth-order valence-electron chi connectivity index (χ4n) is 2.02. The van der Waals surface area contributed by atoms with Crippen LogP contribution in [0.3, 0.4) is 0 Å². The highest BCUT2D eigenvalue weighted by atomic mass is 35.5. The molecular formula is C12H15ClN2O3. The molecule has 1 saturated carbocycles. The lowest BCUT2D eigenvalue weighted by Gasteiger charge is -2.20. The standard InChI is InChI=1S/C12H15ClN2O3/c1-2-14(9-3-4-9)7-8-5-10(15(17)18)6-11(13)12(8)16/h5-6,9,16H,2-4,7H2,1H3. The van der Waals surface area contributed by atoms with E-state index in [9.17, 15) is 15.2 Å². The van der Waals surface area contributed by atoms with Gasteiger partial charge in [0.1, 0.15) is 5.75 Å². The van der Waals surface area contributed by atoms with Crippen molar-refractivity contribution < 1.29 is 10.0 Å². The third kappa shape index (κ3) is 2.73. The lowest BCUT2D eigenvalue weighted by Crippen LogP contribution is -2.25. The van der Waals surface area contributed by atoms with Gasteiger partial charge in [0.2, 0.25) is 0 Å². The number of benzene rings is 1. The molecule has 0 spiro atoms. The summed E-state index contributed by atoms with van der Waals surface area (Å²) < 4.78 is 0. The summed E-state index contributed by atoms with van der Waals surface area (Å²) in [6, 6.07) is 3.10. The normalized spacial score (nSPS) is 15.1. The first-order valence-corrected chi connectivity index (χ1v) is 6.30. The van der Waals surface area contributed by atoms with Crippen molar-refractivity contribution in [2.24, 2.45) is 0 Å². The van der Waals surface area contributed by atoms with Crippen LogP contribution in [-0.2, 0) is 6.54 Å². The summed E-state index contributed by atoms with van der Waals surface area (Å²) in [5.74, 6) is -0.0543. The predicted octanol–water partition coefficient (Wildman–Crippen LogP) is 2.94. The minimum Gasteiger partial charge on any atom is -0.506 e. The van der Waals surface area contributed by atoms with Crippen molar-refractivity contribution in [3.63, 3.8) is 0 Å². The zero-order chi connectivity index (χ0) is 13.3. The maximum atomic E-state index is 10.8. The second-order valence-corrected chi connectivity index (χ2v) is 4.89. The molecule has 18 heavy (non-hydrogen) atoms. The molecule has 1 N–H and O–H groups in total. The van der Waals surface area contributed by atoms with Gasteiger partial charge in [-0.3, -0.25) is 15.0 Å². The van der Waals surface area contributed by atoms with Gasteiger partial charge in [0, 0.05) is 30.3 Å². The number of nitro groups is 1. The zero-order valence-corrected chi connectivity index (χ0v) is 10.9. The molecule has 1 aliphatic carbocycles. The minimum absolute atomic E-state index is 0.0334. The largest absolute Gasteiger partial charge is 0.506 e. The van der Waals surface area contributed by atoms with Gasteiger partial charge in [0.15, 0.2) is 0 Å². The molecule has 0 atom stereocenters. The maximum absolute atomic E-state index is 10.8. The van der Waals surface area contributed by atoms with Gasteiger partial charge in [0.05, 0.1) is 9.95 Å². The molecule has 1 fully saturated rings. The van der Waals surface area contributed by atoms with E-state index in [-0.39, 0.29) is 16.5 Å². The van der Waals surface area contributed by atoms with Crippen molar-refractivity contribution >= 4 is 17.3 Å². The van der Waals surface area contributed by atoms with Crippen LogP contribution in [0.25, 0.3) is 0 Å². The first-order chi connectivity index (χ1) is 8.52. The van der Waals surface area contributed by atoms with E-state index in [1.165, 1.54) is 12.1 Å². The van der Waals surface area contributed by atoms with Crippen LogP contribution in [0, 0.1) is 10.1 Å². The summed E-state index contributed by atoms with van der Waals surface area (Å²) in [4.78, 5) is 12.5. The molecule has 1 aliphatic rings. The topological polar surface area (TPSA) is 66.6 Å². The van der Waals surface area contributed by atoms with Crippen molar-refractivity contribution in [3.8, 4) is 5.75 Å². The summed E-state index contributed by atoms with van der Waals surface area (Å²) in [6.45, 7) is 3.38. The van der Waals surface area contributed by atoms with Gasteiger partial charge >= 0.3 is 0 Å². The Kier molecular flexibility index (Phi) is 3.73. The highest BCUT2D eigenvalue weighted by Crippen LogP contribution is 2.35. The second kappa shape index (κ2) is 5.12. The van der Waals surface area contributed by atoms with Crippen LogP contribution >= 0.6 is 11.6 Å². The monoisotopic (exact) mass is 270 g/mol. The number of phenols is 1. The molecular weight excluding hydrogens is 256 g/mol. The van der Waals surface area contributed by atoms with E-state index in [1.54, 1.807) is 0 Å². The number of nitrogens with zero attached hydrogens (tertiary/aromatic N) is 2. The van der Waals surface area contributed by atoms with Crippen LogP contribution < -0.4 is 0 Å². The third-order valence-corrected chi connectivity index (χ3v) is 3.47. The Labute approximate surface area is 110 Å². The van der Waals surface area contributed by atoms with Gasteiger partial charge in [-0.15, -0.1) is 0 Å². The Balaban J connectivity index is 2.27. The van der Waals surface area contributed by atoms with Gasteiger partial charge in [-0.1, -0.05) is 18.5 Å². The summed E-state index contributed by atoms with van der Waals surface area (Å²) in [5.41, 5.74) is 0.433. The number of halogens is 1. The van der Waals surface area contributed by atoms with Crippen LogP contribution in [-0.4, -0.2) is 27.5 Å². The van der Waals surface area contributed by atoms with E-state index in [4.69, 9.17) is 11.6 Å². The van der Waals surface area contributed by atoms with Gasteiger partial charge in [-0.05, 0) is 19.4 Å². The van der Waals surface area contributed by atoms with Crippen molar-refractivity contribution in [1.29, 1.82) is 0 Å². The summed E-state index contributed by atoms with van der Waals surface area (Å²) in [5, 5.41) is 20.7. The van der Waals surface area contributed by atoms with Crippen molar-refractivity contribution in [1.82, 2.24) is 4.90 Å². The number of aromatic hydroxyl groups is 1. The summed E-state index contributed by atoms with van der Waals surface area (Å²) in [6.07, 6.45) is 2.30. The first kappa shape index (κ1) is 13.1. The fraction of sp³-hybridized carbons (Fsp3) is 0.500. The molecule has 2 rings (SSSR count).